The fourth-order valence-corrected chi connectivity index (χ4v) is 4.27. The third-order valence-corrected chi connectivity index (χ3v) is 5.54. The van der Waals surface area contributed by atoms with Gasteiger partial charge in [0.25, 0.3) is 0 Å². The minimum absolute atomic E-state index is 0.0385. The fourth-order valence-electron chi connectivity index (χ4n) is 3.57. The lowest BCUT2D eigenvalue weighted by molar-refractivity contribution is -0.120. The molecule has 6 heteroatoms. The zero-order chi connectivity index (χ0) is 19.1. The van der Waals surface area contributed by atoms with Gasteiger partial charge in [0.2, 0.25) is 5.91 Å². The first kappa shape index (κ1) is 19.4. The van der Waals surface area contributed by atoms with Crippen molar-refractivity contribution < 1.29 is 9.53 Å². The van der Waals surface area contributed by atoms with Gasteiger partial charge in [0.15, 0.2) is 0 Å². The Balaban J connectivity index is 1.72. The first-order valence-corrected chi connectivity index (χ1v) is 10.3. The molecule has 0 radical (unpaired) electrons. The Morgan fingerprint density at radius 2 is 2.19 bits per heavy atom. The number of nitriles is 1. The van der Waals surface area contributed by atoms with Crippen LogP contribution in [0.5, 0.6) is 5.75 Å². The van der Waals surface area contributed by atoms with Crippen LogP contribution in [0.2, 0.25) is 0 Å². The maximum absolute atomic E-state index is 13.1. The molecule has 1 aliphatic heterocycles. The molecule has 0 saturated carbocycles. The van der Waals surface area contributed by atoms with Gasteiger partial charge in [0.05, 0.1) is 25.6 Å². The molecule has 2 aromatic rings. The van der Waals surface area contributed by atoms with Crippen molar-refractivity contribution in [2.45, 2.75) is 32.2 Å². The molecule has 2 heterocycles. The zero-order valence-corrected chi connectivity index (χ0v) is 16.5. The quantitative estimate of drug-likeness (QED) is 0.684. The molecule has 5 nitrogen and oxygen atoms in total. The van der Waals surface area contributed by atoms with Gasteiger partial charge in [-0.1, -0.05) is 0 Å². The summed E-state index contributed by atoms with van der Waals surface area (Å²) in [5, 5.41) is 13.3. The van der Waals surface area contributed by atoms with Gasteiger partial charge in [-0.25, -0.2) is 0 Å². The van der Waals surface area contributed by atoms with E-state index in [0.29, 0.717) is 32.2 Å². The van der Waals surface area contributed by atoms with Gasteiger partial charge in [-0.05, 0) is 73.0 Å². The minimum Gasteiger partial charge on any atom is -0.494 e. The second-order valence-corrected chi connectivity index (χ2v) is 7.35. The molecule has 1 atom stereocenters. The van der Waals surface area contributed by atoms with E-state index in [1.165, 1.54) is 5.56 Å². The average molecular weight is 384 g/mol. The number of thiophene rings is 1. The number of hydrogen-bond donors (Lipinski definition) is 0. The van der Waals surface area contributed by atoms with E-state index in [4.69, 9.17) is 10.00 Å². The summed E-state index contributed by atoms with van der Waals surface area (Å²) < 4.78 is 5.48. The van der Waals surface area contributed by atoms with E-state index in [1.54, 1.807) is 16.2 Å². The summed E-state index contributed by atoms with van der Waals surface area (Å²) in [5.41, 5.74) is 2.11. The number of rotatable bonds is 8. The number of likely N-dealkylation sites (tertiary alicyclic amines) is 1. The minimum atomic E-state index is 0.0385. The van der Waals surface area contributed by atoms with E-state index >= 15 is 0 Å². The molecule has 1 unspecified atom stereocenters. The maximum Gasteiger partial charge on any atom is 0.241 e. The fraction of sp³-hybridized carbons (Fsp3) is 0.429. The highest BCUT2D eigenvalue weighted by Crippen LogP contribution is 2.33. The molecule has 0 N–H and O–H groups in total. The Labute approximate surface area is 164 Å². The number of amides is 1. The highest BCUT2D eigenvalue weighted by molar-refractivity contribution is 7.07. The molecule has 1 fully saturated rings. The van der Waals surface area contributed by atoms with Crippen molar-refractivity contribution in [2.75, 3.05) is 31.1 Å². The second-order valence-electron chi connectivity index (χ2n) is 6.57. The zero-order valence-electron chi connectivity index (χ0n) is 15.6. The van der Waals surface area contributed by atoms with Crippen molar-refractivity contribution in [2.24, 2.45) is 0 Å². The molecule has 27 heavy (non-hydrogen) atoms. The molecule has 0 spiro atoms. The number of anilines is 1. The Morgan fingerprint density at radius 3 is 2.85 bits per heavy atom. The molecule has 0 aliphatic carbocycles. The van der Waals surface area contributed by atoms with E-state index in [9.17, 15) is 4.79 Å². The molecular formula is C21H25N3O2S. The third-order valence-electron chi connectivity index (χ3n) is 4.84. The molecular weight excluding hydrogens is 358 g/mol. The lowest BCUT2D eigenvalue weighted by Crippen LogP contribution is -2.40. The van der Waals surface area contributed by atoms with E-state index in [-0.39, 0.29) is 5.91 Å². The summed E-state index contributed by atoms with van der Waals surface area (Å²) in [6.45, 7) is 4.26. The van der Waals surface area contributed by atoms with E-state index < -0.39 is 0 Å². The van der Waals surface area contributed by atoms with Crippen molar-refractivity contribution in [1.29, 1.82) is 5.26 Å². The molecule has 1 amide bonds. The van der Waals surface area contributed by atoms with Gasteiger partial charge < -0.3 is 9.64 Å². The van der Waals surface area contributed by atoms with Crippen molar-refractivity contribution in [3.05, 3.63) is 46.7 Å². The van der Waals surface area contributed by atoms with Crippen LogP contribution < -0.4 is 9.64 Å². The Kier molecular flexibility index (Phi) is 6.86. The lowest BCUT2D eigenvalue weighted by Gasteiger charge is -2.28. The van der Waals surface area contributed by atoms with Crippen LogP contribution in [0, 0.1) is 11.3 Å². The SMILES string of the molecule is CCOc1ccc(N(CCC#N)C(=O)CN2CCCC2c2ccsc2)cc1. The average Bonchev–Trinajstić information content (AvgIpc) is 3.35. The van der Waals surface area contributed by atoms with Crippen LogP contribution >= 0.6 is 11.3 Å². The normalized spacial score (nSPS) is 16.8. The second kappa shape index (κ2) is 9.54. The Morgan fingerprint density at radius 1 is 1.37 bits per heavy atom. The van der Waals surface area contributed by atoms with Crippen LogP contribution in [0.25, 0.3) is 0 Å². The number of carbonyl (C=O) groups excluding carboxylic acids is 1. The van der Waals surface area contributed by atoms with Gasteiger partial charge in [0.1, 0.15) is 5.75 Å². The summed E-state index contributed by atoms with van der Waals surface area (Å²) in [6, 6.07) is 12.1. The number of benzene rings is 1. The van der Waals surface area contributed by atoms with Crippen molar-refractivity contribution in [3.8, 4) is 11.8 Å². The Hall–Kier alpha value is -2.36. The predicted molar refractivity (Wildman–Crippen MR) is 108 cm³/mol. The van der Waals surface area contributed by atoms with Crippen molar-refractivity contribution in [1.82, 2.24) is 4.90 Å². The van der Waals surface area contributed by atoms with Gasteiger partial charge in [0, 0.05) is 18.3 Å². The summed E-state index contributed by atoms with van der Waals surface area (Å²) in [6.07, 6.45) is 2.51. The van der Waals surface area contributed by atoms with Gasteiger partial charge in [-0.15, -0.1) is 0 Å². The van der Waals surface area contributed by atoms with Crippen LogP contribution in [-0.4, -0.2) is 37.0 Å². The number of hydrogen-bond acceptors (Lipinski definition) is 5. The Bertz CT molecular complexity index is 768. The molecule has 3 rings (SSSR count). The first-order valence-electron chi connectivity index (χ1n) is 9.39. The van der Waals surface area contributed by atoms with Crippen LogP contribution in [0.4, 0.5) is 5.69 Å². The van der Waals surface area contributed by atoms with Crippen LogP contribution in [0.15, 0.2) is 41.1 Å². The third kappa shape index (κ3) is 4.88. The van der Waals surface area contributed by atoms with Crippen LogP contribution in [-0.2, 0) is 4.79 Å². The smallest absolute Gasteiger partial charge is 0.241 e. The molecule has 142 valence electrons. The number of carbonyl (C=O) groups is 1. The van der Waals surface area contributed by atoms with Crippen molar-refractivity contribution >= 4 is 22.9 Å². The first-order chi connectivity index (χ1) is 13.2. The monoisotopic (exact) mass is 383 g/mol. The predicted octanol–water partition coefficient (Wildman–Crippen LogP) is 4.23. The standard InChI is InChI=1S/C21H25N3O2S/c1-2-26-19-8-6-18(7-9-19)24(13-4-11-22)21(25)15-23-12-3-5-20(23)17-10-14-27-16-17/h6-10,14,16,20H,2-5,12-13,15H2,1H3. The van der Waals surface area contributed by atoms with Crippen LogP contribution in [0.3, 0.4) is 0 Å². The number of nitrogens with zero attached hydrogens (tertiary/aromatic N) is 3. The van der Waals surface area contributed by atoms with E-state index in [2.05, 4.69) is 27.8 Å². The van der Waals surface area contributed by atoms with Crippen molar-refractivity contribution in [3.63, 3.8) is 0 Å². The largest absolute Gasteiger partial charge is 0.494 e. The van der Waals surface area contributed by atoms with Crippen LogP contribution in [0.1, 0.15) is 37.8 Å². The highest BCUT2D eigenvalue weighted by atomic mass is 32.1. The number of ether oxygens (including phenoxy) is 1. The summed E-state index contributed by atoms with van der Waals surface area (Å²) >= 11 is 1.70. The molecule has 1 aromatic heterocycles. The van der Waals surface area contributed by atoms with E-state index in [1.807, 2.05) is 31.2 Å². The molecule has 1 aliphatic rings. The molecule has 0 bridgehead atoms. The lowest BCUT2D eigenvalue weighted by atomic mass is 10.1. The maximum atomic E-state index is 13.1. The summed E-state index contributed by atoms with van der Waals surface area (Å²) in [5.74, 6) is 0.822. The van der Waals surface area contributed by atoms with Gasteiger partial charge in [-0.3, -0.25) is 9.69 Å². The van der Waals surface area contributed by atoms with E-state index in [0.717, 1.165) is 30.8 Å². The molecule has 1 aromatic carbocycles. The molecule has 1 saturated heterocycles. The highest BCUT2D eigenvalue weighted by Gasteiger charge is 2.29. The van der Waals surface area contributed by atoms with Gasteiger partial charge in [-0.2, -0.15) is 16.6 Å². The topological polar surface area (TPSA) is 56.6 Å². The summed E-state index contributed by atoms with van der Waals surface area (Å²) in [7, 11) is 0. The summed E-state index contributed by atoms with van der Waals surface area (Å²) in [4.78, 5) is 17.1. The van der Waals surface area contributed by atoms with Gasteiger partial charge >= 0.3 is 0 Å².